The highest BCUT2D eigenvalue weighted by Crippen LogP contribution is 2.36. The SMILES string of the molecule is O=CC(c1ccco1)C1NC(=O)c2ccsc2-n2cccc21. The van der Waals surface area contributed by atoms with Gasteiger partial charge < -0.3 is 19.1 Å². The summed E-state index contributed by atoms with van der Waals surface area (Å²) in [5.41, 5.74) is 1.48. The van der Waals surface area contributed by atoms with Gasteiger partial charge in [0.15, 0.2) is 0 Å². The van der Waals surface area contributed by atoms with Crippen molar-refractivity contribution in [2.24, 2.45) is 0 Å². The number of aromatic nitrogens is 1. The van der Waals surface area contributed by atoms with Gasteiger partial charge >= 0.3 is 0 Å². The van der Waals surface area contributed by atoms with E-state index >= 15 is 0 Å². The predicted octanol–water partition coefficient (Wildman–Crippen LogP) is 2.90. The number of nitrogens with zero attached hydrogens (tertiary/aromatic N) is 1. The number of carbonyl (C=O) groups is 2. The number of hydrogen-bond acceptors (Lipinski definition) is 4. The van der Waals surface area contributed by atoms with Crippen molar-refractivity contribution in [2.45, 2.75) is 12.0 Å². The lowest BCUT2D eigenvalue weighted by Gasteiger charge is -2.21. The van der Waals surface area contributed by atoms with Gasteiger partial charge in [-0.1, -0.05) is 0 Å². The minimum atomic E-state index is -0.568. The molecule has 2 unspecified atom stereocenters. The molecule has 0 bridgehead atoms. The normalized spacial score (nSPS) is 18.0. The molecule has 2 atom stereocenters. The van der Waals surface area contributed by atoms with Gasteiger partial charge in [0, 0.05) is 11.9 Å². The average molecular weight is 312 g/mol. The Kier molecular flexibility index (Phi) is 2.97. The number of fused-ring (bicyclic) bond motifs is 3. The molecular formula is C16H12N2O3S. The maximum atomic E-state index is 12.5. The van der Waals surface area contributed by atoms with Crippen LogP contribution >= 0.6 is 11.3 Å². The molecule has 3 aromatic heterocycles. The fraction of sp³-hybridized carbons (Fsp3) is 0.125. The van der Waals surface area contributed by atoms with Crippen LogP contribution in [0.2, 0.25) is 0 Å². The molecule has 0 fully saturated rings. The average Bonchev–Trinajstić information content (AvgIpc) is 3.25. The lowest BCUT2D eigenvalue weighted by molar-refractivity contribution is -0.110. The van der Waals surface area contributed by atoms with Crippen molar-refractivity contribution in [1.29, 1.82) is 0 Å². The van der Waals surface area contributed by atoms with Crippen LogP contribution in [0.5, 0.6) is 0 Å². The van der Waals surface area contributed by atoms with Crippen LogP contribution in [0.4, 0.5) is 0 Å². The Hall–Kier alpha value is -2.60. The summed E-state index contributed by atoms with van der Waals surface area (Å²) in [6.07, 6.45) is 4.25. The van der Waals surface area contributed by atoms with Gasteiger partial charge in [-0.05, 0) is 35.7 Å². The molecule has 1 N–H and O–H groups in total. The molecule has 1 amide bonds. The molecule has 4 rings (SSSR count). The van der Waals surface area contributed by atoms with Gasteiger partial charge in [-0.3, -0.25) is 4.79 Å². The maximum absolute atomic E-state index is 12.5. The van der Waals surface area contributed by atoms with Gasteiger partial charge in [-0.25, -0.2) is 0 Å². The highest BCUT2D eigenvalue weighted by molar-refractivity contribution is 7.13. The van der Waals surface area contributed by atoms with E-state index < -0.39 is 12.0 Å². The van der Waals surface area contributed by atoms with Crippen LogP contribution in [-0.2, 0) is 4.79 Å². The minimum absolute atomic E-state index is 0.177. The summed E-state index contributed by atoms with van der Waals surface area (Å²) in [4.78, 5) is 24.1. The molecule has 1 aliphatic rings. The van der Waals surface area contributed by atoms with E-state index in [1.54, 1.807) is 18.2 Å². The third-order valence-electron chi connectivity index (χ3n) is 3.87. The zero-order valence-electron chi connectivity index (χ0n) is 11.4. The standard InChI is InChI=1S/C16H12N2O3S/c19-9-11(13-4-2-7-21-13)14-12-3-1-6-18(12)16-10(5-8-22-16)15(20)17-14/h1-9,11,14H,(H,17,20). The summed E-state index contributed by atoms with van der Waals surface area (Å²) in [5, 5.41) is 5.71. The first kappa shape index (κ1) is 13.1. The molecule has 0 radical (unpaired) electrons. The minimum Gasteiger partial charge on any atom is -0.469 e. The van der Waals surface area contributed by atoms with Crippen molar-refractivity contribution in [3.05, 3.63) is 65.2 Å². The topological polar surface area (TPSA) is 64.2 Å². The number of rotatable bonds is 3. The molecule has 0 saturated carbocycles. The monoisotopic (exact) mass is 312 g/mol. The third kappa shape index (κ3) is 1.84. The first-order valence-electron chi connectivity index (χ1n) is 6.84. The molecule has 0 aromatic carbocycles. The van der Waals surface area contributed by atoms with Crippen molar-refractivity contribution in [3.8, 4) is 5.00 Å². The van der Waals surface area contributed by atoms with E-state index in [2.05, 4.69) is 5.32 Å². The second kappa shape index (κ2) is 4.99. The van der Waals surface area contributed by atoms with Crippen LogP contribution in [0.15, 0.2) is 52.6 Å². The maximum Gasteiger partial charge on any atom is 0.254 e. The molecule has 6 heteroatoms. The first-order chi connectivity index (χ1) is 10.8. The third-order valence-corrected chi connectivity index (χ3v) is 4.78. The lowest BCUT2D eigenvalue weighted by atomic mass is 9.95. The van der Waals surface area contributed by atoms with Gasteiger partial charge in [0.25, 0.3) is 5.91 Å². The van der Waals surface area contributed by atoms with Crippen molar-refractivity contribution in [1.82, 2.24) is 9.88 Å². The van der Waals surface area contributed by atoms with E-state index in [-0.39, 0.29) is 5.91 Å². The summed E-state index contributed by atoms with van der Waals surface area (Å²) in [5.74, 6) is -0.205. The van der Waals surface area contributed by atoms with E-state index in [1.807, 2.05) is 28.3 Å². The largest absolute Gasteiger partial charge is 0.469 e. The number of carbonyl (C=O) groups excluding carboxylic acids is 2. The fourth-order valence-electron chi connectivity index (χ4n) is 2.85. The smallest absolute Gasteiger partial charge is 0.254 e. The molecular weight excluding hydrogens is 300 g/mol. The Labute approximate surface area is 130 Å². The Bertz CT molecular complexity index is 831. The zero-order chi connectivity index (χ0) is 15.1. The van der Waals surface area contributed by atoms with Crippen molar-refractivity contribution in [2.75, 3.05) is 0 Å². The van der Waals surface area contributed by atoms with Crippen molar-refractivity contribution in [3.63, 3.8) is 0 Å². The van der Waals surface area contributed by atoms with E-state index in [0.717, 1.165) is 17.0 Å². The van der Waals surface area contributed by atoms with Crippen LogP contribution in [0.3, 0.4) is 0 Å². The van der Waals surface area contributed by atoms with Crippen LogP contribution < -0.4 is 5.32 Å². The summed E-state index contributed by atoms with van der Waals surface area (Å²) in [6, 6.07) is 8.64. The van der Waals surface area contributed by atoms with Crippen molar-refractivity contribution >= 4 is 23.5 Å². The van der Waals surface area contributed by atoms with Gasteiger partial charge in [0.05, 0.1) is 23.8 Å². The predicted molar refractivity (Wildman–Crippen MR) is 81.4 cm³/mol. The number of amides is 1. The number of furan rings is 1. The Morgan fingerprint density at radius 3 is 3.00 bits per heavy atom. The molecule has 0 aliphatic carbocycles. The van der Waals surface area contributed by atoms with Crippen LogP contribution in [0.25, 0.3) is 5.00 Å². The number of aldehydes is 1. The van der Waals surface area contributed by atoms with Crippen LogP contribution in [-0.4, -0.2) is 16.8 Å². The van der Waals surface area contributed by atoms with E-state index in [0.29, 0.717) is 11.3 Å². The van der Waals surface area contributed by atoms with Gasteiger partial charge in [-0.2, -0.15) is 0 Å². The number of thiophene rings is 1. The second-order valence-corrected chi connectivity index (χ2v) is 5.97. The molecule has 4 heterocycles. The number of nitrogens with one attached hydrogen (secondary N) is 1. The molecule has 0 spiro atoms. The molecule has 0 saturated heterocycles. The summed E-state index contributed by atoms with van der Waals surface area (Å²) in [6.45, 7) is 0. The Morgan fingerprint density at radius 2 is 2.23 bits per heavy atom. The summed E-state index contributed by atoms with van der Waals surface area (Å²) >= 11 is 1.50. The summed E-state index contributed by atoms with van der Waals surface area (Å²) in [7, 11) is 0. The highest BCUT2D eigenvalue weighted by Gasteiger charge is 2.34. The lowest BCUT2D eigenvalue weighted by Crippen LogP contribution is -2.32. The van der Waals surface area contributed by atoms with Crippen molar-refractivity contribution < 1.29 is 14.0 Å². The fourth-order valence-corrected chi connectivity index (χ4v) is 3.75. The Morgan fingerprint density at radius 1 is 1.32 bits per heavy atom. The van der Waals surface area contributed by atoms with E-state index in [4.69, 9.17) is 4.42 Å². The quantitative estimate of drug-likeness (QED) is 0.756. The van der Waals surface area contributed by atoms with Crippen LogP contribution in [0.1, 0.15) is 33.8 Å². The molecule has 110 valence electrons. The zero-order valence-corrected chi connectivity index (χ0v) is 12.2. The molecule has 1 aliphatic heterocycles. The van der Waals surface area contributed by atoms with Gasteiger partial charge in [0.2, 0.25) is 0 Å². The molecule has 3 aromatic rings. The van der Waals surface area contributed by atoms with Gasteiger partial charge in [-0.15, -0.1) is 11.3 Å². The second-order valence-electron chi connectivity index (χ2n) is 5.07. The highest BCUT2D eigenvalue weighted by atomic mass is 32.1. The molecule has 22 heavy (non-hydrogen) atoms. The van der Waals surface area contributed by atoms with E-state index in [1.165, 1.54) is 17.6 Å². The number of hydrogen-bond donors (Lipinski definition) is 1. The van der Waals surface area contributed by atoms with E-state index in [9.17, 15) is 9.59 Å². The first-order valence-corrected chi connectivity index (χ1v) is 7.72. The summed E-state index contributed by atoms with van der Waals surface area (Å²) < 4.78 is 7.34. The molecule has 5 nitrogen and oxygen atoms in total. The Balaban J connectivity index is 1.87. The van der Waals surface area contributed by atoms with Gasteiger partial charge in [0.1, 0.15) is 17.0 Å². The van der Waals surface area contributed by atoms with Crippen LogP contribution in [0, 0.1) is 0 Å².